The smallest absolute Gasteiger partial charge is 0.237 e. The van der Waals surface area contributed by atoms with Gasteiger partial charge >= 0.3 is 0 Å². The molecule has 3 rings (SSSR count). The van der Waals surface area contributed by atoms with E-state index in [1.807, 2.05) is 18.2 Å². The third-order valence-electron chi connectivity index (χ3n) is 4.25. The second kappa shape index (κ2) is 5.19. The van der Waals surface area contributed by atoms with Gasteiger partial charge in [-0.05, 0) is 31.0 Å². The lowest BCUT2D eigenvalue weighted by Crippen LogP contribution is -2.45. The molecule has 0 unspecified atom stereocenters. The summed E-state index contributed by atoms with van der Waals surface area (Å²) >= 11 is 6.11. The van der Waals surface area contributed by atoms with Crippen molar-refractivity contribution in [2.75, 3.05) is 13.1 Å². The van der Waals surface area contributed by atoms with Gasteiger partial charge in [-0.3, -0.25) is 14.5 Å². The average molecular weight is 293 g/mol. The van der Waals surface area contributed by atoms with Crippen LogP contribution in [0.5, 0.6) is 0 Å². The fourth-order valence-electron chi connectivity index (χ4n) is 3.12. The number of carbonyl (C=O) groups is 2. The van der Waals surface area contributed by atoms with Crippen LogP contribution in [-0.2, 0) is 16.1 Å². The second-order valence-corrected chi connectivity index (χ2v) is 6.02. The SMILES string of the molecule is O=C1C[C@@]2(CCCNC2)C(=O)N1Cc1ccccc1Cl. The van der Waals surface area contributed by atoms with Gasteiger partial charge in [0.05, 0.1) is 12.0 Å². The molecule has 20 heavy (non-hydrogen) atoms. The van der Waals surface area contributed by atoms with E-state index in [0.29, 0.717) is 18.0 Å². The Labute approximate surface area is 123 Å². The Morgan fingerprint density at radius 2 is 2.10 bits per heavy atom. The summed E-state index contributed by atoms with van der Waals surface area (Å²) in [5.41, 5.74) is 0.299. The Morgan fingerprint density at radius 3 is 2.80 bits per heavy atom. The van der Waals surface area contributed by atoms with Gasteiger partial charge in [0.2, 0.25) is 11.8 Å². The number of nitrogens with zero attached hydrogens (tertiary/aromatic N) is 1. The molecule has 1 N–H and O–H groups in total. The monoisotopic (exact) mass is 292 g/mol. The fraction of sp³-hybridized carbons (Fsp3) is 0.467. The zero-order valence-electron chi connectivity index (χ0n) is 11.2. The van der Waals surface area contributed by atoms with Crippen LogP contribution in [0.4, 0.5) is 0 Å². The highest BCUT2D eigenvalue weighted by Gasteiger charge is 2.51. The Morgan fingerprint density at radius 1 is 1.30 bits per heavy atom. The van der Waals surface area contributed by atoms with Gasteiger partial charge in [-0.25, -0.2) is 0 Å². The van der Waals surface area contributed by atoms with Crippen LogP contribution < -0.4 is 5.32 Å². The minimum absolute atomic E-state index is 0.0466. The minimum Gasteiger partial charge on any atom is -0.316 e. The zero-order chi connectivity index (χ0) is 14.2. The molecule has 2 amide bonds. The van der Waals surface area contributed by atoms with E-state index in [4.69, 9.17) is 11.6 Å². The van der Waals surface area contributed by atoms with Gasteiger partial charge in [0.25, 0.3) is 0 Å². The van der Waals surface area contributed by atoms with E-state index in [1.54, 1.807) is 6.07 Å². The van der Waals surface area contributed by atoms with Crippen LogP contribution in [0.2, 0.25) is 5.02 Å². The predicted molar refractivity (Wildman–Crippen MR) is 76.2 cm³/mol. The molecule has 1 spiro atoms. The van der Waals surface area contributed by atoms with Crippen LogP contribution in [0, 0.1) is 5.41 Å². The number of hydrogen-bond donors (Lipinski definition) is 1. The van der Waals surface area contributed by atoms with Crippen molar-refractivity contribution in [3.63, 3.8) is 0 Å². The normalized spacial score (nSPS) is 26.6. The van der Waals surface area contributed by atoms with E-state index in [1.165, 1.54) is 4.90 Å². The first kappa shape index (κ1) is 13.6. The van der Waals surface area contributed by atoms with Crippen LogP contribution >= 0.6 is 11.6 Å². The third kappa shape index (κ3) is 2.23. The number of halogens is 1. The molecule has 2 heterocycles. The summed E-state index contributed by atoms with van der Waals surface area (Å²) in [6.45, 7) is 1.81. The van der Waals surface area contributed by atoms with E-state index < -0.39 is 5.41 Å². The van der Waals surface area contributed by atoms with E-state index in [2.05, 4.69) is 5.32 Å². The highest BCUT2D eigenvalue weighted by Crippen LogP contribution is 2.39. The summed E-state index contributed by atoms with van der Waals surface area (Å²) < 4.78 is 0. The molecule has 2 fully saturated rings. The molecular formula is C15H17ClN2O2. The summed E-state index contributed by atoms with van der Waals surface area (Å²) in [5.74, 6) is -0.131. The number of rotatable bonds is 2. The van der Waals surface area contributed by atoms with Crippen molar-refractivity contribution in [2.45, 2.75) is 25.8 Å². The number of imide groups is 1. The van der Waals surface area contributed by atoms with Crippen LogP contribution in [0.1, 0.15) is 24.8 Å². The number of amides is 2. The van der Waals surface area contributed by atoms with Crippen LogP contribution in [0.3, 0.4) is 0 Å². The molecular weight excluding hydrogens is 276 g/mol. The van der Waals surface area contributed by atoms with Crippen molar-refractivity contribution in [3.05, 3.63) is 34.9 Å². The van der Waals surface area contributed by atoms with Crippen molar-refractivity contribution in [1.82, 2.24) is 10.2 Å². The topological polar surface area (TPSA) is 49.4 Å². The van der Waals surface area contributed by atoms with Gasteiger partial charge in [-0.2, -0.15) is 0 Å². The van der Waals surface area contributed by atoms with E-state index in [9.17, 15) is 9.59 Å². The first-order valence-electron chi connectivity index (χ1n) is 6.91. The number of benzene rings is 1. The highest BCUT2D eigenvalue weighted by molar-refractivity contribution is 6.31. The first-order valence-corrected chi connectivity index (χ1v) is 7.29. The Hall–Kier alpha value is -1.39. The van der Waals surface area contributed by atoms with Crippen molar-refractivity contribution in [3.8, 4) is 0 Å². The predicted octanol–water partition coefficient (Wildman–Crippen LogP) is 1.97. The lowest BCUT2D eigenvalue weighted by molar-refractivity contribution is -0.142. The number of nitrogens with one attached hydrogen (secondary N) is 1. The molecule has 2 aliphatic rings. The summed E-state index contributed by atoms with van der Waals surface area (Å²) in [5, 5.41) is 3.83. The van der Waals surface area contributed by atoms with E-state index >= 15 is 0 Å². The molecule has 0 bridgehead atoms. The fourth-order valence-corrected chi connectivity index (χ4v) is 3.31. The van der Waals surface area contributed by atoms with Crippen molar-refractivity contribution < 1.29 is 9.59 Å². The minimum atomic E-state index is -0.517. The van der Waals surface area contributed by atoms with E-state index in [-0.39, 0.29) is 18.4 Å². The quantitative estimate of drug-likeness (QED) is 0.848. The highest BCUT2D eigenvalue weighted by atomic mass is 35.5. The molecule has 0 radical (unpaired) electrons. The van der Waals surface area contributed by atoms with Crippen LogP contribution in [-0.4, -0.2) is 29.8 Å². The lowest BCUT2D eigenvalue weighted by atomic mass is 9.79. The maximum Gasteiger partial charge on any atom is 0.237 e. The van der Waals surface area contributed by atoms with Gasteiger partial charge in [-0.1, -0.05) is 29.8 Å². The average Bonchev–Trinajstić information content (AvgIpc) is 2.66. The van der Waals surface area contributed by atoms with Gasteiger partial charge in [-0.15, -0.1) is 0 Å². The summed E-state index contributed by atoms with van der Waals surface area (Å²) in [6.07, 6.45) is 2.06. The Kier molecular flexibility index (Phi) is 3.52. The van der Waals surface area contributed by atoms with Crippen molar-refractivity contribution in [1.29, 1.82) is 0 Å². The molecule has 0 aliphatic carbocycles. The summed E-state index contributed by atoms with van der Waals surface area (Å²) in [6, 6.07) is 7.34. The number of piperidine rings is 1. The molecule has 0 saturated carbocycles. The summed E-state index contributed by atoms with van der Waals surface area (Å²) in [4.78, 5) is 26.2. The van der Waals surface area contributed by atoms with Gasteiger partial charge in [0.1, 0.15) is 0 Å². The molecule has 1 atom stereocenters. The number of hydrogen-bond acceptors (Lipinski definition) is 3. The largest absolute Gasteiger partial charge is 0.316 e. The Bertz CT molecular complexity index is 553. The molecule has 106 valence electrons. The molecule has 1 aromatic carbocycles. The van der Waals surface area contributed by atoms with Crippen molar-refractivity contribution in [2.24, 2.45) is 5.41 Å². The van der Waals surface area contributed by atoms with Gasteiger partial charge < -0.3 is 5.32 Å². The lowest BCUT2D eigenvalue weighted by Gasteiger charge is -2.31. The van der Waals surface area contributed by atoms with Gasteiger partial charge in [0.15, 0.2) is 0 Å². The summed E-state index contributed by atoms with van der Waals surface area (Å²) in [7, 11) is 0. The molecule has 5 heteroatoms. The number of likely N-dealkylation sites (tertiary alicyclic amines) is 1. The maximum atomic E-state index is 12.6. The van der Waals surface area contributed by atoms with Crippen LogP contribution in [0.25, 0.3) is 0 Å². The molecule has 1 aromatic rings. The molecule has 4 nitrogen and oxygen atoms in total. The Balaban J connectivity index is 1.82. The standard InChI is InChI=1S/C15H17ClN2O2/c16-12-5-2-1-4-11(12)9-18-13(19)8-15(14(18)20)6-3-7-17-10-15/h1-2,4-5,17H,3,6-10H2/t15-/m1/s1. The van der Waals surface area contributed by atoms with Gasteiger partial charge in [0, 0.05) is 18.0 Å². The number of carbonyl (C=O) groups excluding carboxylic acids is 2. The second-order valence-electron chi connectivity index (χ2n) is 5.61. The van der Waals surface area contributed by atoms with Crippen molar-refractivity contribution >= 4 is 23.4 Å². The first-order chi connectivity index (χ1) is 9.62. The molecule has 2 aliphatic heterocycles. The van der Waals surface area contributed by atoms with E-state index in [0.717, 1.165) is 24.9 Å². The zero-order valence-corrected chi connectivity index (χ0v) is 11.9. The third-order valence-corrected chi connectivity index (χ3v) is 4.62. The molecule has 2 saturated heterocycles. The maximum absolute atomic E-state index is 12.6. The molecule has 0 aromatic heterocycles. The van der Waals surface area contributed by atoms with Crippen LogP contribution in [0.15, 0.2) is 24.3 Å².